The Morgan fingerprint density at radius 2 is 0.943 bits per heavy atom. The number of nitrogens with zero attached hydrogens (tertiary/aromatic N) is 3. The van der Waals surface area contributed by atoms with Gasteiger partial charge in [0.1, 0.15) is 0 Å². The number of rotatable bonds is 19. The van der Waals surface area contributed by atoms with E-state index in [0.29, 0.717) is 13.0 Å². The lowest BCUT2D eigenvalue weighted by atomic mass is 9.77. The summed E-state index contributed by atoms with van der Waals surface area (Å²) in [6.45, 7) is 0.154. The van der Waals surface area contributed by atoms with E-state index < -0.39 is 56.6 Å². The maximum Gasteiger partial charge on any atom is 0.289 e. The summed E-state index contributed by atoms with van der Waals surface area (Å²) < 4.78 is 57.4. The number of unbranched alkanes of at least 4 members (excludes halogenated alkanes) is 1. The van der Waals surface area contributed by atoms with Gasteiger partial charge in [-0.3, -0.25) is 25.5 Å². The number of sulfonamides is 2. The number of nitro groups is 2. The number of para-hydroxylation sites is 2. The van der Waals surface area contributed by atoms with E-state index in [0.717, 1.165) is 34.9 Å². The van der Waals surface area contributed by atoms with Crippen molar-refractivity contribution in [1.82, 2.24) is 14.3 Å². The summed E-state index contributed by atoms with van der Waals surface area (Å²) in [5, 5.41) is 27.0. The van der Waals surface area contributed by atoms with Crippen LogP contribution in [0.1, 0.15) is 36.0 Å². The van der Waals surface area contributed by atoms with Gasteiger partial charge >= 0.3 is 0 Å². The van der Waals surface area contributed by atoms with Crippen LogP contribution in [0.5, 0.6) is 0 Å². The van der Waals surface area contributed by atoms with Crippen LogP contribution >= 0.6 is 0 Å². The highest BCUT2D eigenvalue weighted by atomic mass is 32.2. The molecule has 0 amide bonds. The van der Waals surface area contributed by atoms with E-state index in [1.54, 1.807) is 0 Å². The number of nitro benzene ring substituents is 2. The Balaban J connectivity index is 1.36. The van der Waals surface area contributed by atoms with Gasteiger partial charge < -0.3 is 0 Å². The first-order chi connectivity index (χ1) is 25.5. The topological polar surface area (TPSA) is 182 Å². The molecule has 0 saturated heterocycles. The van der Waals surface area contributed by atoms with E-state index in [-0.39, 0.29) is 32.5 Å². The molecular weight excluding hydrogens is 719 g/mol. The van der Waals surface area contributed by atoms with Gasteiger partial charge in [0.25, 0.3) is 11.4 Å². The molecule has 2 N–H and O–H groups in total. The van der Waals surface area contributed by atoms with Crippen molar-refractivity contribution >= 4 is 31.4 Å². The van der Waals surface area contributed by atoms with Crippen molar-refractivity contribution in [2.24, 2.45) is 0 Å². The average molecular weight is 758 g/mol. The van der Waals surface area contributed by atoms with Gasteiger partial charge in [-0.15, -0.1) is 0 Å². The highest BCUT2D eigenvalue weighted by Crippen LogP contribution is 2.37. The van der Waals surface area contributed by atoms with E-state index in [1.165, 1.54) is 34.6 Å². The fourth-order valence-electron chi connectivity index (χ4n) is 6.25. The Labute approximate surface area is 308 Å². The molecular formula is C38H39N5O8S2. The Hall–Kier alpha value is -5.32. The molecule has 276 valence electrons. The molecule has 13 nitrogen and oxygen atoms in total. The summed E-state index contributed by atoms with van der Waals surface area (Å²) in [7, 11) is -8.60. The monoisotopic (exact) mass is 757 g/mol. The number of benzene rings is 5. The largest absolute Gasteiger partial charge is 0.300 e. The summed E-state index contributed by atoms with van der Waals surface area (Å²) in [6.07, 6.45) is 0.688. The molecule has 0 unspecified atom stereocenters. The van der Waals surface area contributed by atoms with Crippen molar-refractivity contribution < 1.29 is 26.7 Å². The standard InChI is InChI=1S/C38H39N5O8S2/c44-42(45)34-23-10-12-25-36(34)52(48,49)40-28-14-15-29-41(53(50,51)37-26-13-11-24-35(37)43(46)47)30-16-27-39-38(31-17-4-1-5-18-31,32-19-6-2-7-20-32)33-21-8-3-9-22-33/h1-13,17-26,39-40H,14-16,27-30H2. The van der Waals surface area contributed by atoms with Crippen molar-refractivity contribution in [3.63, 3.8) is 0 Å². The van der Waals surface area contributed by atoms with Crippen molar-refractivity contribution in [1.29, 1.82) is 0 Å². The van der Waals surface area contributed by atoms with Crippen LogP contribution in [0.3, 0.4) is 0 Å². The minimum Gasteiger partial charge on any atom is -0.300 e. The van der Waals surface area contributed by atoms with Gasteiger partial charge in [-0.2, -0.15) is 4.31 Å². The smallest absolute Gasteiger partial charge is 0.289 e. The molecule has 0 aliphatic carbocycles. The molecule has 0 spiro atoms. The van der Waals surface area contributed by atoms with E-state index in [4.69, 9.17) is 0 Å². The minimum atomic E-state index is -4.37. The third-order valence-electron chi connectivity index (χ3n) is 8.75. The second-order valence-electron chi connectivity index (χ2n) is 12.1. The second-order valence-corrected chi connectivity index (χ2v) is 15.7. The molecule has 0 aliphatic rings. The highest BCUT2D eigenvalue weighted by Gasteiger charge is 2.36. The minimum absolute atomic E-state index is 0.00221. The van der Waals surface area contributed by atoms with Crippen LogP contribution in [0, 0.1) is 20.2 Å². The van der Waals surface area contributed by atoms with Crippen molar-refractivity contribution in [2.45, 2.75) is 34.6 Å². The summed E-state index contributed by atoms with van der Waals surface area (Å²) in [4.78, 5) is 20.8. The van der Waals surface area contributed by atoms with Crippen LogP contribution < -0.4 is 10.0 Å². The summed E-state index contributed by atoms with van der Waals surface area (Å²) in [5.74, 6) is 0. The average Bonchev–Trinajstić information content (AvgIpc) is 3.18. The molecule has 0 aromatic heterocycles. The zero-order chi connectivity index (χ0) is 37.9. The first-order valence-corrected chi connectivity index (χ1v) is 19.8. The van der Waals surface area contributed by atoms with Crippen molar-refractivity contribution in [3.8, 4) is 0 Å². The zero-order valence-electron chi connectivity index (χ0n) is 28.7. The molecule has 0 heterocycles. The van der Waals surface area contributed by atoms with E-state index in [9.17, 15) is 37.1 Å². The lowest BCUT2D eigenvalue weighted by molar-refractivity contribution is -0.388. The second kappa shape index (κ2) is 17.5. The Morgan fingerprint density at radius 1 is 0.528 bits per heavy atom. The van der Waals surface area contributed by atoms with Crippen LogP contribution in [-0.4, -0.2) is 57.2 Å². The highest BCUT2D eigenvalue weighted by molar-refractivity contribution is 7.89. The van der Waals surface area contributed by atoms with Crippen LogP contribution in [0.4, 0.5) is 11.4 Å². The van der Waals surface area contributed by atoms with Gasteiger partial charge in [-0.25, -0.2) is 21.6 Å². The van der Waals surface area contributed by atoms with Crippen molar-refractivity contribution in [2.75, 3.05) is 26.2 Å². The molecule has 5 rings (SSSR count). The normalized spacial score (nSPS) is 12.1. The summed E-state index contributed by atoms with van der Waals surface area (Å²) in [6, 6.07) is 39.9. The molecule has 0 atom stereocenters. The Kier molecular flexibility index (Phi) is 12.8. The van der Waals surface area contributed by atoms with Gasteiger partial charge in [0, 0.05) is 31.8 Å². The van der Waals surface area contributed by atoms with Gasteiger partial charge in [-0.1, -0.05) is 115 Å². The summed E-state index contributed by atoms with van der Waals surface area (Å²) >= 11 is 0. The third-order valence-corrected chi connectivity index (χ3v) is 12.2. The third kappa shape index (κ3) is 9.01. The molecule has 0 aliphatic heterocycles. The molecule has 53 heavy (non-hydrogen) atoms. The SMILES string of the molecule is O=[N+]([O-])c1ccccc1S(=O)(=O)NCCCCN(CCCNC(c1ccccc1)(c1ccccc1)c1ccccc1)S(=O)(=O)c1ccccc1[N+](=O)[O-]. The molecule has 0 bridgehead atoms. The Bertz CT molecular complexity index is 2130. The maximum absolute atomic E-state index is 14.0. The quantitative estimate of drug-likeness (QED) is 0.0427. The fraction of sp³-hybridized carbons (Fsp3) is 0.211. The van der Waals surface area contributed by atoms with Gasteiger partial charge in [0.05, 0.1) is 15.4 Å². The van der Waals surface area contributed by atoms with Crippen LogP contribution in [0.25, 0.3) is 0 Å². The maximum atomic E-state index is 14.0. The first kappa shape index (κ1) is 38.9. The summed E-state index contributed by atoms with van der Waals surface area (Å²) in [5.41, 5.74) is 1.02. The van der Waals surface area contributed by atoms with Crippen LogP contribution in [0.15, 0.2) is 149 Å². The molecule has 5 aromatic rings. The first-order valence-electron chi connectivity index (χ1n) is 16.9. The number of hydrogen-bond acceptors (Lipinski definition) is 9. The molecule has 0 saturated carbocycles. The number of nitrogens with one attached hydrogen (secondary N) is 2. The predicted octanol–water partition coefficient (Wildman–Crippen LogP) is 6.22. The Morgan fingerprint density at radius 3 is 1.43 bits per heavy atom. The fourth-order valence-corrected chi connectivity index (χ4v) is 9.17. The predicted molar refractivity (Wildman–Crippen MR) is 201 cm³/mol. The molecule has 0 radical (unpaired) electrons. The van der Waals surface area contributed by atoms with Crippen LogP contribution in [-0.2, 0) is 25.6 Å². The number of hydrogen-bond donors (Lipinski definition) is 2. The zero-order valence-corrected chi connectivity index (χ0v) is 30.3. The van der Waals surface area contributed by atoms with Crippen molar-refractivity contribution in [3.05, 3.63) is 176 Å². The van der Waals surface area contributed by atoms with Gasteiger partial charge in [0.2, 0.25) is 20.0 Å². The molecule has 5 aromatic carbocycles. The van der Waals surface area contributed by atoms with E-state index >= 15 is 0 Å². The molecule has 15 heteroatoms. The molecule has 0 fully saturated rings. The lowest BCUT2D eigenvalue weighted by Crippen LogP contribution is -2.46. The van der Waals surface area contributed by atoms with E-state index in [2.05, 4.69) is 10.0 Å². The van der Waals surface area contributed by atoms with E-state index in [1.807, 2.05) is 91.0 Å². The van der Waals surface area contributed by atoms with Crippen LogP contribution in [0.2, 0.25) is 0 Å². The van der Waals surface area contributed by atoms with Gasteiger partial charge in [0.15, 0.2) is 9.79 Å². The lowest BCUT2D eigenvalue weighted by Gasteiger charge is -2.37. The van der Waals surface area contributed by atoms with Gasteiger partial charge in [-0.05, 0) is 54.6 Å².